The number of hydrogen-bond donors (Lipinski definition) is 1. The van der Waals surface area contributed by atoms with Crippen LogP contribution in [0.5, 0.6) is 0 Å². The molecule has 5 nitrogen and oxygen atoms in total. The average molecular weight is 341 g/mol. The predicted octanol–water partition coefficient (Wildman–Crippen LogP) is 2.18. The molecule has 1 N–H and O–H groups in total. The Kier molecular flexibility index (Phi) is 5.04. The van der Waals surface area contributed by atoms with Crippen LogP contribution in [-0.4, -0.2) is 35.1 Å². The Morgan fingerprint density at radius 1 is 1.16 bits per heavy atom. The second-order valence-electron chi connectivity index (χ2n) is 7.30. The minimum absolute atomic E-state index is 0.155. The maximum absolute atomic E-state index is 12.4. The van der Waals surface area contributed by atoms with Gasteiger partial charge in [0.05, 0.1) is 12.5 Å². The number of fused-ring (bicyclic) bond motifs is 1. The van der Waals surface area contributed by atoms with Gasteiger partial charge in [0, 0.05) is 43.0 Å². The highest BCUT2D eigenvalue weighted by atomic mass is 16.3. The maximum atomic E-state index is 12.4. The molecule has 4 rings (SSSR count). The molecule has 5 heteroatoms. The fraction of sp³-hybridized carbons (Fsp3) is 0.550. The molecule has 2 aromatic rings. The summed E-state index contributed by atoms with van der Waals surface area (Å²) in [7, 11) is 0. The molecular weight excluding hydrogens is 314 g/mol. The van der Waals surface area contributed by atoms with Crippen molar-refractivity contribution in [2.24, 2.45) is 0 Å². The summed E-state index contributed by atoms with van der Waals surface area (Å²) in [4.78, 5) is 14.9. The van der Waals surface area contributed by atoms with Gasteiger partial charge in [-0.15, -0.1) is 0 Å². The summed E-state index contributed by atoms with van der Waals surface area (Å²) in [5.41, 5.74) is 3.93. The predicted molar refractivity (Wildman–Crippen MR) is 97.7 cm³/mol. The van der Waals surface area contributed by atoms with E-state index in [0.29, 0.717) is 6.04 Å². The van der Waals surface area contributed by atoms with Gasteiger partial charge in [0.2, 0.25) is 0 Å². The number of furan rings is 1. The average Bonchev–Trinajstić information content (AvgIpc) is 3.33. The van der Waals surface area contributed by atoms with E-state index in [4.69, 9.17) is 4.42 Å². The Balaban J connectivity index is 1.41. The number of nitrogens with one attached hydrogen (secondary N) is 1. The molecule has 0 amide bonds. The van der Waals surface area contributed by atoms with Gasteiger partial charge in [0.15, 0.2) is 0 Å². The van der Waals surface area contributed by atoms with Crippen LogP contribution in [0.15, 0.2) is 39.9 Å². The number of likely N-dealkylation sites (tertiary alicyclic amines) is 1. The van der Waals surface area contributed by atoms with Crippen LogP contribution in [0.25, 0.3) is 0 Å². The van der Waals surface area contributed by atoms with Crippen LogP contribution in [0.2, 0.25) is 0 Å². The highest BCUT2D eigenvalue weighted by Gasteiger charge is 2.22. The van der Waals surface area contributed by atoms with E-state index in [9.17, 15) is 4.79 Å². The Morgan fingerprint density at radius 2 is 2.04 bits per heavy atom. The molecule has 2 aliphatic rings. The summed E-state index contributed by atoms with van der Waals surface area (Å²) in [5, 5.41) is 3.62. The molecule has 1 fully saturated rings. The zero-order valence-corrected chi connectivity index (χ0v) is 14.7. The molecule has 25 heavy (non-hydrogen) atoms. The molecule has 134 valence electrons. The van der Waals surface area contributed by atoms with Crippen LogP contribution >= 0.6 is 0 Å². The molecule has 0 radical (unpaired) electrons. The van der Waals surface area contributed by atoms with Gasteiger partial charge in [0.1, 0.15) is 0 Å². The Hall–Kier alpha value is -1.85. The van der Waals surface area contributed by atoms with Crippen LogP contribution in [-0.2, 0) is 25.9 Å². The van der Waals surface area contributed by atoms with Gasteiger partial charge in [-0.25, -0.2) is 0 Å². The third kappa shape index (κ3) is 3.88. The molecule has 0 bridgehead atoms. The third-order valence-electron chi connectivity index (χ3n) is 5.60. The molecule has 0 spiro atoms. The smallest absolute Gasteiger partial charge is 0.250 e. The van der Waals surface area contributed by atoms with Gasteiger partial charge in [-0.2, -0.15) is 0 Å². The van der Waals surface area contributed by atoms with E-state index in [2.05, 4.69) is 10.2 Å². The van der Waals surface area contributed by atoms with Crippen molar-refractivity contribution in [2.75, 3.05) is 19.6 Å². The number of pyridine rings is 1. The lowest BCUT2D eigenvalue weighted by Crippen LogP contribution is -2.38. The Labute approximate surface area is 148 Å². The monoisotopic (exact) mass is 341 g/mol. The van der Waals surface area contributed by atoms with E-state index in [1.54, 1.807) is 18.6 Å². The van der Waals surface area contributed by atoms with Gasteiger partial charge in [0.25, 0.3) is 5.56 Å². The Morgan fingerprint density at radius 3 is 2.84 bits per heavy atom. The molecule has 0 saturated carbocycles. The minimum Gasteiger partial charge on any atom is -0.472 e. The molecule has 1 atom stereocenters. The summed E-state index contributed by atoms with van der Waals surface area (Å²) >= 11 is 0. The SMILES string of the molecule is O=c1ccc2c(n1CCN1CCCC1)CC[C@H](NCc1ccoc1)C2. The van der Waals surface area contributed by atoms with Crippen LogP contribution in [0.4, 0.5) is 0 Å². The molecule has 0 unspecified atom stereocenters. The van der Waals surface area contributed by atoms with E-state index in [0.717, 1.165) is 38.9 Å². The second kappa shape index (κ2) is 7.58. The van der Waals surface area contributed by atoms with Crippen molar-refractivity contribution in [3.8, 4) is 0 Å². The summed E-state index contributed by atoms with van der Waals surface area (Å²) in [5.74, 6) is 0. The normalized spacial score (nSPS) is 20.7. The van der Waals surface area contributed by atoms with Crippen molar-refractivity contribution in [3.05, 3.63) is 57.9 Å². The number of aromatic nitrogens is 1. The van der Waals surface area contributed by atoms with Gasteiger partial charge >= 0.3 is 0 Å². The number of hydrogen-bond acceptors (Lipinski definition) is 4. The zero-order valence-electron chi connectivity index (χ0n) is 14.7. The number of rotatable bonds is 6. The Bertz CT molecular complexity index is 745. The van der Waals surface area contributed by atoms with E-state index >= 15 is 0 Å². The highest BCUT2D eigenvalue weighted by Crippen LogP contribution is 2.21. The van der Waals surface area contributed by atoms with Crippen molar-refractivity contribution in [2.45, 2.75) is 51.2 Å². The first-order valence-electron chi connectivity index (χ1n) is 9.48. The molecular formula is C20H27N3O2. The molecule has 0 aromatic carbocycles. The molecule has 1 saturated heterocycles. The van der Waals surface area contributed by atoms with Crippen LogP contribution in [0.1, 0.15) is 36.1 Å². The maximum Gasteiger partial charge on any atom is 0.250 e. The van der Waals surface area contributed by atoms with Gasteiger partial charge in [-0.1, -0.05) is 6.07 Å². The second-order valence-corrected chi connectivity index (χ2v) is 7.30. The molecule has 3 heterocycles. The van der Waals surface area contributed by atoms with Gasteiger partial charge in [-0.05, 0) is 56.8 Å². The minimum atomic E-state index is 0.155. The van der Waals surface area contributed by atoms with E-state index < -0.39 is 0 Å². The lowest BCUT2D eigenvalue weighted by atomic mass is 9.91. The first kappa shape index (κ1) is 16.6. The van der Waals surface area contributed by atoms with Crippen LogP contribution in [0, 0.1) is 0 Å². The van der Waals surface area contributed by atoms with Crippen molar-refractivity contribution in [1.82, 2.24) is 14.8 Å². The lowest BCUT2D eigenvalue weighted by Gasteiger charge is -2.28. The van der Waals surface area contributed by atoms with E-state index in [1.807, 2.05) is 16.7 Å². The highest BCUT2D eigenvalue weighted by molar-refractivity contribution is 5.25. The largest absolute Gasteiger partial charge is 0.472 e. The van der Waals surface area contributed by atoms with Crippen molar-refractivity contribution in [1.29, 1.82) is 0 Å². The van der Waals surface area contributed by atoms with Crippen molar-refractivity contribution < 1.29 is 4.42 Å². The van der Waals surface area contributed by atoms with Gasteiger partial charge < -0.3 is 19.2 Å². The van der Waals surface area contributed by atoms with E-state index in [-0.39, 0.29) is 5.56 Å². The number of nitrogens with zero attached hydrogens (tertiary/aromatic N) is 2. The third-order valence-corrected chi connectivity index (χ3v) is 5.60. The van der Waals surface area contributed by atoms with E-state index in [1.165, 1.54) is 42.8 Å². The molecule has 1 aliphatic carbocycles. The summed E-state index contributed by atoms with van der Waals surface area (Å²) in [6, 6.07) is 6.25. The fourth-order valence-corrected chi connectivity index (χ4v) is 4.15. The van der Waals surface area contributed by atoms with Gasteiger partial charge in [-0.3, -0.25) is 4.79 Å². The van der Waals surface area contributed by atoms with Crippen molar-refractivity contribution >= 4 is 0 Å². The zero-order chi connectivity index (χ0) is 17.1. The lowest BCUT2D eigenvalue weighted by molar-refractivity contribution is 0.316. The summed E-state index contributed by atoms with van der Waals surface area (Å²) in [6.07, 6.45) is 9.16. The standard InChI is InChI=1S/C20H27N3O2/c24-20-6-3-17-13-18(21-14-16-7-12-25-15-16)4-5-19(17)23(20)11-10-22-8-1-2-9-22/h3,6-7,12,15,18,21H,1-2,4-5,8-11,13-14H2/t18-/m0/s1. The first-order chi connectivity index (χ1) is 12.3. The first-order valence-corrected chi connectivity index (χ1v) is 9.48. The topological polar surface area (TPSA) is 50.4 Å². The van der Waals surface area contributed by atoms with Crippen LogP contribution < -0.4 is 10.9 Å². The van der Waals surface area contributed by atoms with Crippen LogP contribution in [0.3, 0.4) is 0 Å². The fourth-order valence-electron chi connectivity index (χ4n) is 4.15. The summed E-state index contributed by atoms with van der Waals surface area (Å²) < 4.78 is 7.15. The summed E-state index contributed by atoms with van der Waals surface area (Å²) in [6.45, 7) is 5.03. The van der Waals surface area contributed by atoms with Crippen molar-refractivity contribution in [3.63, 3.8) is 0 Å². The molecule has 1 aliphatic heterocycles. The molecule has 2 aromatic heterocycles. The quantitative estimate of drug-likeness (QED) is 0.875.